The van der Waals surface area contributed by atoms with Crippen molar-refractivity contribution in [3.63, 3.8) is 0 Å². The van der Waals surface area contributed by atoms with Crippen molar-refractivity contribution >= 4 is 17.7 Å². The highest BCUT2D eigenvalue weighted by molar-refractivity contribution is 5.79. The summed E-state index contributed by atoms with van der Waals surface area (Å²) in [7, 11) is 0. The molecule has 3 rings (SSSR count). The van der Waals surface area contributed by atoms with Crippen molar-refractivity contribution in [2.75, 3.05) is 45.8 Å². The van der Waals surface area contributed by atoms with Crippen LogP contribution >= 0.6 is 0 Å². The van der Waals surface area contributed by atoms with Crippen molar-refractivity contribution in [1.82, 2.24) is 20.0 Å². The summed E-state index contributed by atoms with van der Waals surface area (Å²) in [6.07, 6.45) is 1.84. The molecule has 0 saturated carbocycles. The molecular weight excluding hydrogens is 375 g/mol. The summed E-state index contributed by atoms with van der Waals surface area (Å²) < 4.78 is 13.0. The molecule has 0 bridgehead atoms. The van der Waals surface area contributed by atoms with Crippen molar-refractivity contribution in [3.8, 4) is 0 Å². The number of carbonyl (C=O) groups excluding carboxylic acids is 3. The fraction of sp³-hybridized carbons (Fsp3) is 0.571. The lowest BCUT2D eigenvalue weighted by Crippen LogP contribution is -2.53. The average molecular weight is 404 g/mol. The standard InChI is InChI=1S/C21H29FN4O3/c1-16(27)25-8-6-19(7-9-25)23-20(28)15-24-10-12-26(13-11-24)21(29)14-17-2-4-18(22)5-3-17/h2-5,19H,6-15H2,1H3,(H,23,28). The van der Waals surface area contributed by atoms with E-state index in [1.165, 1.54) is 12.1 Å². The largest absolute Gasteiger partial charge is 0.352 e. The Labute approximate surface area is 170 Å². The lowest BCUT2D eigenvalue weighted by atomic mass is 10.1. The van der Waals surface area contributed by atoms with Crippen LogP contribution in [0.3, 0.4) is 0 Å². The van der Waals surface area contributed by atoms with Gasteiger partial charge < -0.3 is 15.1 Å². The van der Waals surface area contributed by atoms with Crippen LogP contribution in [0.5, 0.6) is 0 Å². The molecule has 0 aliphatic carbocycles. The number of nitrogens with one attached hydrogen (secondary N) is 1. The van der Waals surface area contributed by atoms with Gasteiger partial charge in [0.1, 0.15) is 5.82 Å². The van der Waals surface area contributed by atoms with Gasteiger partial charge in [-0.15, -0.1) is 0 Å². The number of amides is 3. The van der Waals surface area contributed by atoms with E-state index in [1.54, 1.807) is 24.0 Å². The maximum absolute atomic E-state index is 13.0. The second-order valence-electron chi connectivity index (χ2n) is 7.81. The molecule has 1 aromatic carbocycles. The summed E-state index contributed by atoms with van der Waals surface area (Å²) in [5.41, 5.74) is 0.800. The molecule has 2 aliphatic rings. The van der Waals surface area contributed by atoms with Gasteiger partial charge in [0, 0.05) is 52.2 Å². The number of hydrogen-bond donors (Lipinski definition) is 1. The summed E-state index contributed by atoms with van der Waals surface area (Å²) in [6, 6.07) is 6.12. The Morgan fingerprint density at radius 1 is 0.966 bits per heavy atom. The first-order valence-electron chi connectivity index (χ1n) is 10.2. The van der Waals surface area contributed by atoms with Gasteiger partial charge in [0.15, 0.2) is 0 Å². The predicted molar refractivity (Wildman–Crippen MR) is 107 cm³/mol. The highest BCUT2D eigenvalue weighted by atomic mass is 19.1. The van der Waals surface area contributed by atoms with Crippen molar-refractivity contribution in [2.24, 2.45) is 0 Å². The number of hydrogen-bond acceptors (Lipinski definition) is 4. The van der Waals surface area contributed by atoms with E-state index >= 15 is 0 Å². The molecule has 0 unspecified atom stereocenters. The highest BCUT2D eigenvalue weighted by Crippen LogP contribution is 2.11. The number of nitrogens with zero attached hydrogens (tertiary/aromatic N) is 3. The van der Waals surface area contributed by atoms with Crippen LogP contribution in [-0.2, 0) is 20.8 Å². The van der Waals surface area contributed by atoms with Crippen molar-refractivity contribution < 1.29 is 18.8 Å². The maximum atomic E-state index is 13.0. The number of carbonyl (C=O) groups is 3. The molecule has 2 saturated heterocycles. The second kappa shape index (κ2) is 9.82. The van der Waals surface area contributed by atoms with Gasteiger partial charge in [0.25, 0.3) is 0 Å². The van der Waals surface area contributed by atoms with Crippen molar-refractivity contribution in [1.29, 1.82) is 0 Å². The zero-order valence-electron chi connectivity index (χ0n) is 16.9. The Morgan fingerprint density at radius 2 is 1.59 bits per heavy atom. The number of rotatable bonds is 5. The van der Waals surface area contributed by atoms with Crippen LogP contribution in [0.2, 0.25) is 0 Å². The van der Waals surface area contributed by atoms with E-state index in [4.69, 9.17) is 0 Å². The van der Waals surface area contributed by atoms with E-state index < -0.39 is 0 Å². The molecule has 0 spiro atoms. The van der Waals surface area contributed by atoms with E-state index in [1.807, 2.05) is 4.90 Å². The Morgan fingerprint density at radius 3 is 2.17 bits per heavy atom. The third kappa shape index (κ3) is 6.25. The summed E-state index contributed by atoms with van der Waals surface area (Å²) in [5.74, 6) is -0.200. The Hall–Kier alpha value is -2.48. The minimum absolute atomic E-state index is 0.00244. The molecule has 1 N–H and O–H groups in total. The quantitative estimate of drug-likeness (QED) is 0.782. The van der Waals surface area contributed by atoms with Gasteiger partial charge in [-0.05, 0) is 30.5 Å². The van der Waals surface area contributed by atoms with Crippen LogP contribution in [-0.4, -0.2) is 84.3 Å². The lowest BCUT2D eigenvalue weighted by Gasteiger charge is -2.35. The van der Waals surface area contributed by atoms with Gasteiger partial charge in [0.05, 0.1) is 13.0 Å². The normalized spacial score (nSPS) is 18.6. The summed E-state index contributed by atoms with van der Waals surface area (Å²) in [6.45, 7) is 5.77. The number of likely N-dealkylation sites (tertiary alicyclic amines) is 1. The van der Waals surface area contributed by atoms with E-state index in [0.29, 0.717) is 45.8 Å². The van der Waals surface area contributed by atoms with Crippen LogP contribution in [0.1, 0.15) is 25.3 Å². The van der Waals surface area contributed by atoms with E-state index in [2.05, 4.69) is 10.2 Å². The summed E-state index contributed by atoms with van der Waals surface area (Å²) in [5, 5.41) is 3.07. The smallest absolute Gasteiger partial charge is 0.234 e. The monoisotopic (exact) mass is 404 g/mol. The Balaban J connectivity index is 1.36. The molecular formula is C21H29FN4O3. The van der Waals surface area contributed by atoms with E-state index in [-0.39, 0.29) is 36.0 Å². The van der Waals surface area contributed by atoms with Crippen LogP contribution in [0.15, 0.2) is 24.3 Å². The lowest BCUT2D eigenvalue weighted by molar-refractivity contribution is -0.132. The first kappa shape index (κ1) is 21.2. The molecule has 29 heavy (non-hydrogen) atoms. The van der Waals surface area contributed by atoms with Crippen LogP contribution in [0.25, 0.3) is 0 Å². The summed E-state index contributed by atoms with van der Waals surface area (Å²) in [4.78, 5) is 41.8. The highest BCUT2D eigenvalue weighted by Gasteiger charge is 2.25. The molecule has 158 valence electrons. The third-order valence-electron chi connectivity index (χ3n) is 5.67. The predicted octanol–water partition coefficient (Wildman–Crippen LogP) is 0.640. The Bertz CT molecular complexity index is 724. The molecule has 2 heterocycles. The van der Waals surface area contributed by atoms with Gasteiger partial charge in [-0.2, -0.15) is 0 Å². The molecule has 3 amide bonds. The van der Waals surface area contributed by atoms with Gasteiger partial charge >= 0.3 is 0 Å². The molecule has 8 heteroatoms. The Kier molecular flexibility index (Phi) is 7.19. The first-order valence-corrected chi connectivity index (χ1v) is 10.2. The second-order valence-corrected chi connectivity index (χ2v) is 7.81. The zero-order chi connectivity index (χ0) is 20.8. The molecule has 2 fully saturated rings. The van der Waals surface area contributed by atoms with E-state index in [9.17, 15) is 18.8 Å². The number of benzene rings is 1. The van der Waals surface area contributed by atoms with Gasteiger partial charge in [-0.3, -0.25) is 19.3 Å². The van der Waals surface area contributed by atoms with Gasteiger partial charge in [-0.25, -0.2) is 4.39 Å². The molecule has 0 radical (unpaired) electrons. The first-order chi connectivity index (χ1) is 13.9. The minimum Gasteiger partial charge on any atom is -0.352 e. The molecule has 7 nitrogen and oxygen atoms in total. The number of halogens is 1. The fourth-order valence-electron chi connectivity index (χ4n) is 3.86. The maximum Gasteiger partial charge on any atom is 0.234 e. The van der Waals surface area contributed by atoms with Crippen LogP contribution < -0.4 is 5.32 Å². The fourth-order valence-corrected chi connectivity index (χ4v) is 3.86. The van der Waals surface area contributed by atoms with Crippen LogP contribution in [0.4, 0.5) is 4.39 Å². The topological polar surface area (TPSA) is 73.0 Å². The molecule has 0 aromatic heterocycles. The van der Waals surface area contributed by atoms with Crippen LogP contribution in [0, 0.1) is 5.82 Å². The number of piperidine rings is 1. The zero-order valence-corrected chi connectivity index (χ0v) is 16.9. The molecule has 0 atom stereocenters. The summed E-state index contributed by atoms with van der Waals surface area (Å²) >= 11 is 0. The third-order valence-corrected chi connectivity index (χ3v) is 5.67. The van der Waals surface area contributed by atoms with Crippen molar-refractivity contribution in [2.45, 2.75) is 32.2 Å². The SMILES string of the molecule is CC(=O)N1CCC(NC(=O)CN2CCN(C(=O)Cc3ccc(F)cc3)CC2)CC1. The van der Waals surface area contributed by atoms with Gasteiger partial charge in [-0.1, -0.05) is 12.1 Å². The average Bonchev–Trinajstić information content (AvgIpc) is 2.70. The van der Waals surface area contributed by atoms with E-state index in [0.717, 1.165) is 18.4 Å². The minimum atomic E-state index is -0.308. The van der Waals surface area contributed by atoms with Crippen molar-refractivity contribution in [3.05, 3.63) is 35.6 Å². The molecule has 2 aliphatic heterocycles. The number of piperazine rings is 1. The molecule has 1 aromatic rings. The van der Waals surface area contributed by atoms with Gasteiger partial charge in [0.2, 0.25) is 17.7 Å².